The van der Waals surface area contributed by atoms with Crippen molar-refractivity contribution in [1.29, 1.82) is 0 Å². The molecule has 1 aromatic heterocycles. The van der Waals surface area contributed by atoms with Crippen LogP contribution in [0.1, 0.15) is 37.7 Å². The van der Waals surface area contributed by atoms with E-state index < -0.39 is 5.97 Å². The summed E-state index contributed by atoms with van der Waals surface area (Å²) < 4.78 is 0. The lowest BCUT2D eigenvalue weighted by atomic mass is 9.85. The Morgan fingerprint density at radius 1 is 1.44 bits per heavy atom. The third-order valence-corrected chi connectivity index (χ3v) is 3.89. The molecule has 2 heterocycles. The fourth-order valence-electron chi connectivity index (χ4n) is 2.77. The number of aromatic carboxylic acids is 1. The molecule has 0 bridgehead atoms. The first-order valence-corrected chi connectivity index (χ1v) is 6.45. The van der Waals surface area contributed by atoms with Crippen LogP contribution in [0.5, 0.6) is 0 Å². The summed E-state index contributed by atoms with van der Waals surface area (Å²) in [5.74, 6) is 0.287. The number of carboxylic acid groups (broad SMARTS) is 1. The molecule has 1 aliphatic heterocycles. The Morgan fingerprint density at radius 2 is 2.17 bits per heavy atom. The zero-order valence-corrected chi connectivity index (χ0v) is 11.1. The van der Waals surface area contributed by atoms with Gasteiger partial charge in [0.05, 0.1) is 0 Å². The zero-order chi connectivity index (χ0) is 13.3. The van der Waals surface area contributed by atoms with Gasteiger partial charge < -0.3 is 10.0 Å². The van der Waals surface area contributed by atoms with Gasteiger partial charge in [0.25, 0.3) is 0 Å². The number of rotatable bonds is 2. The van der Waals surface area contributed by atoms with Crippen molar-refractivity contribution < 1.29 is 9.90 Å². The second kappa shape index (κ2) is 4.96. The van der Waals surface area contributed by atoms with Crippen molar-refractivity contribution in [3.05, 3.63) is 24.0 Å². The van der Waals surface area contributed by atoms with Gasteiger partial charge in [0.15, 0.2) is 0 Å². The average Bonchev–Trinajstić information content (AvgIpc) is 2.34. The maximum Gasteiger partial charge on any atom is 0.354 e. The van der Waals surface area contributed by atoms with Gasteiger partial charge in [0, 0.05) is 24.5 Å². The van der Waals surface area contributed by atoms with Crippen LogP contribution in [-0.2, 0) is 0 Å². The van der Waals surface area contributed by atoms with E-state index in [1.165, 1.54) is 6.42 Å². The molecule has 1 aliphatic rings. The van der Waals surface area contributed by atoms with Gasteiger partial charge >= 0.3 is 5.97 Å². The van der Waals surface area contributed by atoms with Gasteiger partial charge in [-0.2, -0.15) is 0 Å². The monoisotopic (exact) mass is 248 g/mol. The van der Waals surface area contributed by atoms with Crippen LogP contribution in [0.2, 0.25) is 0 Å². The molecule has 1 N–H and O–H groups in total. The van der Waals surface area contributed by atoms with Crippen molar-refractivity contribution in [2.45, 2.75) is 33.2 Å². The highest BCUT2D eigenvalue weighted by molar-refractivity contribution is 5.86. The quantitative estimate of drug-likeness (QED) is 0.874. The molecule has 1 saturated heterocycles. The summed E-state index contributed by atoms with van der Waals surface area (Å²) in [5, 5.41) is 9.00. The first-order valence-electron chi connectivity index (χ1n) is 6.45. The van der Waals surface area contributed by atoms with Crippen LogP contribution in [0.3, 0.4) is 0 Å². The maximum absolute atomic E-state index is 11.0. The summed E-state index contributed by atoms with van der Waals surface area (Å²) in [4.78, 5) is 17.1. The van der Waals surface area contributed by atoms with Gasteiger partial charge in [-0.1, -0.05) is 13.8 Å². The largest absolute Gasteiger partial charge is 0.477 e. The van der Waals surface area contributed by atoms with E-state index in [0.29, 0.717) is 17.9 Å². The Morgan fingerprint density at radius 3 is 2.83 bits per heavy atom. The minimum absolute atomic E-state index is 0.116. The van der Waals surface area contributed by atoms with Gasteiger partial charge in [-0.3, -0.25) is 0 Å². The van der Waals surface area contributed by atoms with Crippen LogP contribution in [0, 0.1) is 11.8 Å². The number of aromatic nitrogens is 1. The second-order valence-electron chi connectivity index (χ2n) is 5.42. The SMILES string of the molecule is CC1CC(C)C(C)N(c2ccnc(C(=O)O)c2)C1. The lowest BCUT2D eigenvalue weighted by Gasteiger charge is -2.42. The predicted molar refractivity (Wildman–Crippen MR) is 70.9 cm³/mol. The molecule has 3 unspecified atom stereocenters. The molecule has 2 rings (SSSR count). The Bertz CT molecular complexity index is 447. The number of hydrogen-bond donors (Lipinski definition) is 1. The number of hydrogen-bond acceptors (Lipinski definition) is 3. The zero-order valence-electron chi connectivity index (χ0n) is 11.1. The smallest absolute Gasteiger partial charge is 0.354 e. The van der Waals surface area contributed by atoms with E-state index >= 15 is 0 Å². The molecule has 4 heteroatoms. The Kier molecular flexibility index (Phi) is 3.55. The minimum Gasteiger partial charge on any atom is -0.477 e. The highest BCUT2D eigenvalue weighted by Gasteiger charge is 2.29. The summed E-state index contributed by atoms with van der Waals surface area (Å²) >= 11 is 0. The maximum atomic E-state index is 11.0. The summed E-state index contributed by atoms with van der Waals surface area (Å²) in [6, 6.07) is 4.00. The number of piperidine rings is 1. The summed E-state index contributed by atoms with van der Waals surface area (Å²) in [5.41, 5.74) is 1.08. The third kappa shape index (κ3) is 2.47. The summed E-state index contributed by atoms with van der Waals surface area (Å²) in [6.07, 6.45) is 2.81. The molecule has 98 valence electrons. The van der Waals surface area contributed by atoms with E-state index in [-0.39, 0.29) is 5.69 Å². The standard InChI is InChI=1S/C14H20N2O2/c1-9-6-10(2)11(3)16(8-9)12-4-5-15-13(7-12)14(17)18/h4-5,7,9-11H,6,8H2,1-3H3,(H,17,18). The van der Waals surface area contributed by atoms with Crippen LogP contribution in [0.4, 0.5) is 5.69 Å². The van der Waals surface area contributed by atoms with Gasteiger partial charge in [0.2, 0.25) is 0 Å². The predicted octanol–water partition coefficient (Wildman–Crippen LogP) is 2.65. The third-order valence-electron chi connectivity index (χ3n) is 3.89. The lowest BCUT2D eigenvalue weighted by molar-refractivity contribution is 0.0690. The van der Waals surface area contributed by atoms with E-state index in [2.05, 4.69) is 30.7 Å². The van der Waals surface area contributed by atoms with Crippen LogP contribution < -0.4 is 4.90 Å². The van der Waals surface area contributed by atoms with Crippen molar-refractivity contribution in [2.75, 3.05) is 11.4 Å². The molecule has 0 saturated carbocycles. The molecule has 0 spiro atoms. The second-order valence-corrected chi connectivity index (χ2v) is 5.42. The van der Waals surface area contributed by atoms with Crippen molar-refractivity contribution in [3.8, 4) is 0 Å². The number of carboxylic acids is 1. The first kappa shape index (κ1) is 12.9. The van der Waals surface area contributed by atoms with Gasteiger partial charge in [0.1, 0.15) is 5.69 Å². The number of carbonyl (C=O) groups is 1. The molecular weight excluding hydrogens is 228 g/mol. The lowest BCUT2D eigenvalue weighted by Crippen LogP contribution is -2.45. The normalized spacial score (nSPS) is 28.2. The average molecular weight is 248 g/mol. The van der Waals surface area contributed by atoms with Gasteiger partial charge in [-0.05, 0) is 37.3 Å². The van der Waals surface area contributed by atoms with Crippen molar-refractivity contribution in [2.24, 2.45) is 11.8 Å². The van der Waals surface area contributed by atoms with Crippen LogP contribution in [0.25, 0.3) is 0 Å². The molecule has 1 aromatic rings. The van der Waals surface area contributed by atoms with Crippen LogP contribution >= 0.6 is 0 Å². The number of pyridine rings is 1. The topological polar surface area (TPSA) is 53.4 Å². The Labute approximate surface area is 108 Å². The molecule has 4 nitrogen and oxygen atoms in total. The van der Waals surface area contributed by atoms with Crippen molar-refractivity contribution in [3.63, 3.8) is 0 Å². The molecule has 0 radical (unpaired) electrons. The van der Waals surface area contributed by atoms with E-state index in [4.69, 9.17) is 5.11 Å². The molecule has 0 aliphatic carbocycles. The summed E-state index contributed by atoms with van der Waals surface area (Å²) in [6.45, 7) is 7.69. The molecular formula is C14H20N2O2. The van der Waals surface area contributed by atoms with E-state index in [1.54, 1.807) is 12.3 Å². The Hall–Kier alpha value is -1.58. The number of nitrogens with zero attached hydrogens (tertiary/aromatic N) is 2. The van der Waals surface area contributed by atoms with Gasteiger partial charge in [-0.15, -0.1) is 0 Å². The van der Waals surface area contributed by atoms with Gasteiger partial charge in [-0.25, -0.2) is 9.78 Å². The molecule has 0 aromatic carbocycles. The molecule has 1 fully saturated rings. The van der Waals surface area contributed by atoms with Crippen LogP contribution in [0.15, 0.2) is 18.3 Å². The fourth-order valence-corrected chi connectivity index (χ4v) is 2.77. The first-order chi connectivity index (χ1) is 8.49. The van der Waals surface area contributed by atoms with Crippen LogP contribution in [-0.4, -0.2) is 28.6 Å². The van der Waals surface area contributed by atoms with E-state index in [1.807, 2.05) is 6.07 Å². The minimum atomic E-state index is -0.970. The molecule has 3 atom stereocenters. The van der Waals surface area contributed by atoms with E-state index in [0.717, 1.165) is 12.2 Å². The number of anilines is 1. The van der Waals surface area contributed by atoms with Crippen molar-refractivity contribution >= 4 is 11.7 Å². The van der Waals surface area contributed by atoms with E-state index in [9.17, 15) is 4.79 Å². The Balaban J connectivity index is 2.29. The highest BCUT2D eigenvalue weighted by atomic mass is 16.4. The highest BCUT2D eigenvalue weighted by Crippen LogP contribution is 2.31. The molecule has 18 heavy (non-hydrogen) atoms. The molecule has 0 amide bonds. The van der Waals surface area contributed by atoms with Crippen molar-refractivity contribution in [1.82, 2.24) is 4.98 Å². The fraction of sp³-hybridized carbons (Fsp3) is 0.571. The summed E-state index contributed by atoms with van der Waals surface area (Å²) in [7, 11) is 0.